The third-order valence-electron chi connectivity index (χ3n) is 3.61. The van der Waals surface area contributed by atoms with Gasteiger partial charge in [-0.1, -0.05) is 6.07 Å². The lowest BCUT2D eigenvalue weighted by molar-refractivity contribution is -0.122. The molecule has 1 aromatic carbocycles. The highest BCUT2D eigenvalue weighted by atomic mass is 35.5. The number of benzene rings is 1. The van der Waals surface area contributed by atoms with E-state index in [0.717, 1.165) is 31.6 Å². The van der Waals surface area contributed by atoms with Gasteiger partial charge in [-0.25, -0.2) is 0 Å². The Morgan fingerprint density at radius 3 is 2.21 bits per heavy atom. The van der Waals surface area contributed by atoms with Crippen LogP contribution in [0.4, 0.5) is 5.69 Å². The summed E-state index contributed by atoms with van der Waals surface area (Å²) < 4.78 is 0. The molecule has 1 amide bonds. The van der Waals surface area contributed by atoms with E-state index in [4.69, 9.17) is 0 Å². The van der Waals surface area contributed by atoms with Gasteiger partial charge in [0.2, 0.25) is 5.91 Å². The molecule has 0 saturated carbocycles. The molecule has 0 atom stereocenters. The first-order valence-corrected chi connectivity index (χ1v) is 6.64. The van der Waals surface area contributed by atoms with Gasteiger partial charge in [-0.3, -0.25) is 4.79 Å². The monoisotopic (exact) mass is 282 g/mol. The summed E-state index contributed by atoms with van der Waals surface area (Å²) in [4.78, 5) is 14.2. The van der Waals surface area contributed by atoms with Crippen LogP contribution in [-0.2, 0) is 4.79 Å². The molecule has 1 aromatic rings. The lowest BCUT2D eigenvalue weighted by Gasteiger charge is -2.27. The van der Waals surface area contributed by atoms with E-state index in [-0.39, 0.29) is 24.2 Å². The summed E-state index contributed by atoms with van der Waals surface area (Å²) in [6.07, 6.45) is 1.90. The molecule has 1 aliphatic heterocycles. The Labute approximate surface area is 121 Å². The average molecular weight is 283 g/mol. The van der Waals surface area contributed by atoms with Crippen molar-refractivity contribution in [2.45, 2.75) is 26.7 Å². The first kappa shape index (κ1) is 16.0. The minimum Gasteiger partial charge on any atom is -0.317 e. The van der Waals surface area contributed by atoms with Gasteiger partial charge in [0.25, 0.3) is 0 Å². The minimum atomic E-state index is 0. The van der Waals surface area contributed by atoms with E-state index in [1.165, 1.54) is 11.1 Å². The number of anilines is 1. The van der Waals surface area contributed by atoms with Crippen LogP contribution in [0.15, 0.2) is 18.2 Å². The van der Waals surface area contributed by atoms with Crippen molar-refractivity contribution >= 4 is 24.0 Å². The largest absolute Gasteiger partial charge is 0.317 e. The smallest absolute Gasteiger partial charge is 0.229 e. The fourth-order valence-electron chi connectivity index (χ4n) is 2.61. The third kappa shape index (κ3) is 3.95. The summed E-state index contributed by atoms with van der Waals surface area (Å²) in [5, 5.41) is 3.30. The molecule has 1 N–H and O–H groups in total. The number of carbonyl (C=O) groups is 1. The second kappa shape index (κ2) is 6.92. The van der Waals surface area contributed by atoms with E-state index in [1.807, 2.05) is 11.9 Å². The first-order valence-electron chi connectivity index (χ1n) is 6.64. The van der Waals surface area contributed by atoms with Crippen molar-refractivity contribution in [1.29, 1.82) is 0 Å². The molecule has 0 bridgehead atoms. The van der Waals surface area contributed by atoms with Gasteiger partial charge < -0.3 is 10.2 Å². The number of piperidine rings is 1. The Bertz CT molecular complexity index is 422. The molecule has 1 aliphatic rings. The molecule has 106 valence electrons. The minimum absolute atomic E-state index is 0. The maximum Gasteiger partial charge on any atom is 0.229 e. The van der Waals surface area contributed by atoms with Crippen LogP contribution >= 0.6 is 12.4 Å². The topological polar surface area (TPSA) is 32.3 Å². The predicted molar refractivity (Wildman–Crippen MR) is 82.2 cm³/mol. The number of rotatable bonds is 2. The zero-order valence-electron chi connectivity index (χ0n) is 11.9. The molecule has 3 nitrogen and oxygen atoms in total. The van der Waals surface area contributed by atoms with E-state index >= 15 is 0 Å². The Morgan fingerprint density at radius 2 is 1.68 bits per heavy atom. The number of carbonyl (C=O) groups excluding carboxylic acids is 1. The Morgan fingerprint density at radius 1 is 1.16 bits per heavy atom. The highest BCUT2D eigenvalue weighted by molar-refractivity contribution is 5.94. The van der Waals surface area contributed by atoms with Gasteiger partial charge in [-0.15, -0.1) is 12.4 Å². The number of nitrogens with zero attached hydrogens (tertiary/aromatic N) is 1. The third-order valence-corrected chi connectivity index (χ3v) is 3.61. The molecule has 0 aromatic heterocycles. The molecular weight excluding hydrogens is 260 g/mol. The fraction of sp³-hybridized carbons (Fsp3) is 0.533. The SMILES string of the molecule is Cc1cc(C)cc(N(C)C(=O)C2CCNCC2)c1.Cl. The second-order valence-corrected chi connectivity index (χ2v) is 5.27. The van der Waals surface area contributed by atoms with Crippen LogP contribution < -0.4 is 10.2 Å². The Balaban J connectivity index is 0.00000180. The van der Waals surface area contributed by atoms with Crippen molar-refractivity contribution in [2.75, 3.05) is 25.0 Å². The molecular formula is C15H23ClN2O. The van der Waals surface area contributed by atoms with Gasteiger partial charge in [0.15, 0.2) is 0 Å². The van der Waals surface area contributed by atoms with Crippen molar-refractivity contribution < 1.29 is 4.79 Å². The van der Waals surface area contributed by atoms with Crippen LogP contribution in [0.2, 0.25) is 0 Å². The molecule has 19 heavy (non-hydrogen) atoms. The zero-order chi connectivity index (χ0) is 13.1. The van der Waals surface area contributed by atoms with Crippen molar-refractivity contribution in [1.82, 2.24) is 5.32 Å². The second-order valence-electron chi connectivity index (χ2n) is 5.27. The number of nitrogens with one attached hydrogen (secondary N) is 1. The summed E-state index contributed by atoms with van der Waals surface area (Å²) in [6, 6.07) is 6.28. The number of amides is 1. The molecule has 0 unspecified atom stereocenters. The number of hydrogen-bond donors (Lipinski definition) is 1. The Hall–Kier alpha value is -1.06. The van der Waals surface area contributed by atoms with E-state index in [1.54, 1.807) is 0 Å². The fourth-order valence-corrected chi connectivity index (χ4v) is 2.61. The average Bonchev–Trinajstić information content (AvgIpc) is 2.37. The van der Waals surface area contributed by atoms with Gasteiger partial charge in [-0.2, -0.15) is 0 Å². The molecule has 1 saturated heterocycles. The van der Waals surface area contributed by atoms with Crippen LogP contribution in [0, 0.1) is 19.8 Å². The van der Waals surface area contributed by atoms with Crippen LogP contribution in [0.5, 0.6) is 0 Å². The van der Waals surface area contributed by atoms with Crippen LogP contribution in [0.25, 0.3) is 0 Å². The number of aryl methyl sites for hydroxylation is 2. The van der Waals surface area contributed by atoms with Gasteiger partial charge in [0.1, 0.15) is 0 Å². The Kier molecular flexibility index (Phi) is 5.83. The first-order chi connectivity index (χ1) is 8.58. The van der Waals surface area contributed by atoms with Gasteiger partial charge in [0.05, 0.1) is 0 Å². The van der Waals surface area contributed by atoms with Crippen molar-refractivity contribution in [3.63, 3.8) is 0 Å². The molecule has 1 heterocycles. The van der Waals surface area contributed by atoms with E-state index in [9.17, 15) is 4.79 Å². The van der Waals surface area contributed by atoms with Crippen LogP contribution in [-0.4, -0.2) is 26.0 Å². The summed E-state index contributed by atoms with van der Waals surface area (Å²) in [5.74, 6) is 0.429. The highest BCUT2D eigenvalue weighted by Gasteiger charge is 2.24. The maximum atomic E-state index is 12.4. The molecule has 0 spiro atoms. The molecule has 2 rings (SSSR count). The quantitative estimate of drug-likeness (QED) is 0.905. The maximum absolute atomic E-state index is 12.4. The lowest BCUT2D eigenvalue weighted by atomic mass is 9.96. The van der Waals surface area contributed by atoms with E-state index in [0.29, 0.717) is 0 Å². The number of halogens is 1. The van der Waals surface area contributed by atoms with Gasteiger partial charge in [-0.05, 0) is 63.0 Å². The van der Waals surface area contributed by atoms with E-state index < -0.39 is 0 Å². The van der Waals surface area contributed by atoms with Gasteiger partial charge >= 0.3 is 0 Å². The van der Waals surface area contributed by atoms with Gasteiger partial charge in [0, 0.05) is 18.7 Å². The van der Waals surface area contributed by atoms with Crippen molar-refractivity contribution in [3.05, 3.63) is 29.3 Å². The van der Waals surface area contributed by atoms with Crippen LogP contribution in [0.1, 0.15) is 24.0 Å². The normalized spacial score (nSPS) is 15.7. The zero-order valence-corrected chi connectivity index (χ0v) is 12.7. The lowest BCUT2D eigenvalue weighted by Crippen LogP contribution is -2.39. The summed E-state index contributed by atoms with van der Waals surface area (Å²) in [7, 11) is 1.89. The molecule has 0 radical (unpaired) electrons. The molecule has 4 heteroatoms. The van der Waals surface area contributed by atoms with Crippen molar-refractivity contribution in [2.24, 2.45) is 5.92 Å². The summed E-state index contributed by atoms with van der Waals surface area (Å²) >= 11 is 0. The molecule has 1 fully saturated rings. The summed E-state index contributed by atoms with van der Waals surface area (Å²) in [6.45, 7) is 6.05. The predicted octanol–water partition coefficient (Wildman–Crippen LogP) is 2.69. The van der Waals surface area contributed by atoms with E-state index in [2.05, 4.69) is 37.4 Å². The summed E-state index contributed by atoms with van der Waals surface area (Å²) in [5.41, 5.74) is 3.42. The van der Waals surface area contributed by atoms with Crippen LogP contribution in [0.3, 0.4) is 0 Å². The number of hydrogen-bond acceptors (Lipinski definition) is 2. The van der Waals surface area contributed by atoms with Crippen molar-refractivity contribution in [3.8, 4) is 0 Å². The molecule has 0 aliphatic carbocycles. The highest BCUT2D eigenvalue weighted by Crippen LogP contribution is 2.22. The standard InChI is InChI=1S/C15H22N2O.ClH/c1-11-8-12(2)10-14(9-11)17(3)15(18)13-4-6-16-7-5-13;/h8-10,13,16H,4-7H2,1-3H3;1H.